The lowest BCUT2D eigenvalue weighted by Gasteiger charge is -2.15. The minimum atomic E-state index is -0.858. The number of ether oxygens (including phenoxy) is 1. The van der Waals surface area contributed by atoms with Crippen LogP contribution in [0.15, 0.2) is 30.5 Å². The molecule has 0 fully saturated rings. The lowest BCUT2D eigenvalue weighted by Crippen LogP contribution is -2.31. The van der Waals surface area contributed by atoms with Crippen molar-refractivity contribution in [2.45, 2.75) is 26.3 Å². The Hall–Kier alpha value is -1.82. The first kappa shape index (κ1) is 20.5. The van der Waals surface area contributed by atoms with Crippen LogP contribution in [0, 0.1) is 0 Å². The number of hydrogen-bond acceptors (Lipinski definition) is 4. The first-order chi connectivity index (χ1) is 12.3. The number of rotatable bonds is 6. The highest BCUT2D eigenvalue weighted by Crippen LogP contribution is 2.31. The van der Waals surface area contributed by atoms with E-state index in [9.17, 15) is 9.59 Å². The van der Waals surface area contributed by atoms with Crippen LogP contribution in [-0.4, -0.2) is 23.5 Å². The molecule has 1 amide bonds. The zero-order valence-electron chi connectivity index (χ0n) is 14.2. The third kappa shape index (κ3) is 5.10. The topological polar surface area (TPSA) is 68.3 Å². The average Bonchev–Trinajstić information content (AvgIpc) is 2.64. The molecule has 2 rings (SSSR count). The highest BCUT2D eigenvalue weighted by Gasteiger charge is 2.20. The molecule has 2 aromatic rings. The third-order valence-electron chi connectivity index (χ3n) is 3.71. The van der Waals surface area contributed by atoms with Crippen molar-refractivity contribution in [2.75, 3.05) is 6.61 Å². The lowest BCUT2D eigenvalue weighted by atomic mass is 10.1. The van der Waals surface area contributed by atoms with Crippen LogP contribution in [0.5, 0.6) is 0 Å². The summed E-state index contributed by atoms with van der Waals surface area (Å²) in [5.41, 5.74) is 1.97. The van der Waals surface area contributed by atoms with E-state index in [2.05, 4.69) is 17.2 Å². The fourth-order valence-corrected chi connectivity index (χ4v) is 2.75. The molecule has 0 spiro atoms. The first-order valence-corrected chi connectivity index (χ1v) is 9.01. The van der Waals surface area contributed by atoms with Crippen molar-refractivity contribution in [3.63, 3.8) is 0 Å². The average molecular weight is 416 g/mol. The number of benzene rings is 1. The summed E-state index contributed by atoms with van der Waals surface area (Å²) in [5.74, 6) is -1.30. The van der Waals surface area contributed by atoms with Gasteiger partial charge in [0.25, 0.3) is 5.91 Å². The largest absolute Gasteiger partial charge is 0.451 e. The van der Waals surface area contributed by atoms with Gasteiger partial charge in [0.15, 0.2) is 12.3 Å². The van der Waals surface area contributed by atoms with E-state index >= 15 is 0 Å². The van der Waals surface area contributed by atoms with Gasteiger partial charge in [0.05, 0.1) is 21.1 Å². The van der Waals surface area contributed by atoms with E-state index in [4.69, 9.17) is 39.5 Å². The van der Waals surface area contributed by atoms with E-state index < -0.39 is 18.5 Å². The van der Waals surface area contributed by atoms with Gasteiger partial charge >= 0.3 is 5.97 Å². The van der Waals surface area contributed by atoms with E-state index in [0.29, 0.717) is 0 Å². The second-order valence-corrected chi connectivity index (χ2v) is 6.71. The molecule has 1 heterocycles. The molecule has 1 aromatic heterocycles. The van der Waals surface area contributed by atoms with Gasteiger partial charge in [-0.1, -0.05) is 66.0 Å². The molecule has 0 radical (unpaired) electrons. The van der Waals surface area contributed by atoms with Gasteiger partial charge in [0, 0.05) is 6.20 Å². The number of aromatic nitrogens is 1. The van der Waals surface area contributed by atoms with E-state index in [-0.39, 0.29) is 26.8 Å². The number of hydrogen-bond donors (Lipinski definition) is 1. The Balaban J connectivity index is 1.91. The van der Waals surface area contributed by atoms with Gasteiger partial charge in [0.2, 0.25) is 0 Å². The van der Waals surface area contributed by atoms with Crippen LogP contribution in [0.25, 0.3) is 0 Å². The molecule has 0 aliphatic rings. The quantitative estimate of drug-likeness (QED) is 0.698. The Bertz CT molecular complexity index is 810. The molecule has 0 bridgehead atoms. The maximum atomic E-state index is 12.0. The van der Waals surface area contributed by atoms with Crippen LogP contribution in [0.2, 0.25) is 15.1 Å². The predicted molar refractivity (Wildman–Crippen MR) is 102 cm³/mol. The fourth-order valence-electron chi connectivity index (χ4n) is 2.19. The number of nitrogens with one attached hydrogen (secondary N) is 1. The van der Waals surface area contributed by atoms with Gasteiger partial charge in [-0.2, -0.15) is 0 Å². The minimum Gasteiger partial charge on any atom is -0.451 e. The number of halogens is 3. The molecule has 1 aromatic carbocycles. The summed E-state index contributed by atoms with van der Waals surface area (Å²) in [6, 6.07) is 7.70. The Morgan fingerprint density at radius 2 is 1.81 bits per heavy atom. The van der Waals surface area contributed by atoms with Crippen LogP contribution in [-0.2, 0) is 16.0 Å². The van der Waals surface area contributed by atoms with Crippen LogP contribution in [0.4, 0.5) is 0 Å². The number of carbonyl (C=O) groups is 2. The summed E-state index contributed by atoms with van der Waals surface area (Å²) < 4.78 is 4.94. The van der Waals surface area contributed by atoms with Gasteiger partial charge in [-0.05, 0) is 24.5 Å². The maximum Gasteiger partial charge on any atom is 0.359 e. The Morgan fingerprint density at radius 1 is 1.15 bits per heavy atom. The molecule has 0 aliphatic heterocycles. The highest BCUT2D eigenvalue weighted by molar-refractivity contribution is 6.48. The van der Waals surface area contributed by atoms with E-state index in [1.54, 1.807) is 0 Å². The predicted octanol–water partition coefficient (Wildman–Crippen LogP) is 4.64. The number of nitrogens with zero attached hydrogens (tertiary/aromatic N) is 1. The number of pyridine rings is 1. The van der Waals surface area contributed by atoms with Crippen LogP contribution >= 0.6 is 34.8 Å². The summed E-state index contributed by atoms with van der Waals surface area (Å²) in [5, 5.41) is 2.77. The van der Waals surface area contributed by atoms with Gasteiger partial charge in [-0.25, -0.2) is 9.78 Å². The number of carbonyl (C=O) groups excluding carboxylic acids is 2. The summed E-state index contributed by atoms with van der Waals surface area (Å²) >= 11 is 17.5. The second-order valence-electron chi connectivity index (χ2n) is 5.54. The molecular weight excluding hydrogens is 399 g/mol. The van der Waals surface area contributed by atoms with E-state index in [1.807, 2.05) is 31.2 Å². The van der Waals surface area contributed by atoms with E-state index in [1.165, 1.54) is 11.8 Å². The van der Waals surface area contributed by atoms with Crippen LogP contribution in [0.1, 0.15) is 41.5 Å². The zero-order chi connectivity index (χ0) is 19.3. The van der Waals surface area contributed by atoms with Crippen molar-refractivity contribution in [3.05, 3.63) is 62.4 Å². The molecule has 1 N–H and O–H groups in total. The zero-order valence-corrected chi connectivity index (χ0v) is 16.5. The Morgan fingerprint density at radius 3 is 2.42 bits per heavy atom. The summed E-state index contributed by atoms with van der Waals surface area (Å²) in [7, 11) is 0. The monoisotopic (exact) mass is 414 g/mol. The number of amides is 1. The summed E-state index contributed by atoms with van der Waals surface area (Å²) in [6.07, 6.45) is 2.14. The molecule has 0 saturated carbocycles. The van der Waals surface area contributed by atoms with Crippen molar-refractivity contribution >= 4 is 46.7 Å². The molecule has 0 unspecified atom stereocenters. The highest BCUT2D eigenvalue weighted by atomic mass is 35.5. The third-order valence-corrected chi connectivity index (χ3v) is 4.95. The number of esters is 1. The first-order valence-electron chi connectivity index (χ1n) is 7.88. The van der Waals surface area contributed by atoms with Gasteiger partial charge < -0.3 is 10.1 Å². The van der Waals surface area contributed by atoms with Crippen molar-refractivity contribution in [3.8, 4) is 0 Å². The molecule has 138 valence electrons. The molecule has 0 saturated heterocycles. The fraction of sp³-hybridized carbons (Fsp3) is 0.278. The van der Waals surface area contributed by atoms with Crippen molar-refractivity contribution in [1.29, 1.82) is 0 Å². The minimum absolute atomic E-state index is 0.00360. The maximum absolute atomic E-state index is 12.0. The molecule has 8 heteroatoms. The second kappa shape index (κ2) is 9.21. The lowest BCUT2D eigenvalue weighted by molar-refractivity contribution is -0.124. The van der Waals surface area contributed by atoms with Gasteiger partial charge in [0.1, 0.15) is 0 Å². The smallest absolute Gasteiger partial charge is 0.359 e. The van der Waals surface area contributed by atoms with E-state index in [0.717, 1.165) is 12.0 Å². The number of aryl methyl sites for hydroxylation is 1. The SMILES string of the molecule is CCc1ccc([C@@H](C)NC(=O)COC(=O)c2ncc(Cl)c(Cl)c2Cl)cc1. The summed E-state index contributed by atoms with van der Waals surface area (Å²) in [6.45, 7) is 3.45. The normalized spacial score (nSPS) is 11.7. The van der Waals surface area contributed by atoms with Gasteiger partial charge in [-0.15, -0.1) is 0 Å². The molecule has 26 heavy (non-hydrogen) atoms. The van der Waals surface area contributed by atoms with Crippen LogP contribution < -0.4 is 5.32 Å². The van der Waals surface area contributed by atoms with Crippen molar-refractivity contribution in [2.24, 2.45) is 0 Å². The molecule has 0 aliphatic carbocycles. The van der Waals surface area contributed by atoms with Crippen LogP contribution in [0.3, 0.4) is 0 Å². The molecular formula is C18H17Cl3N2O3. The summed E-state index contributed by atoms with van der Waals surface area (Å²) in [4.78, 5) is 27.8. The Labute approximate surface area is 166 Å². The Kier molecular flexibility index (Phi) is 7.26. The van der Waals surface area contributed by atoms with Crippen molar-refractivity contribution in [1.82, 2.24) is 10.3 Å². The molecule has 5 nitrogen and oxygen atoms in total. The van der Waals surface area contributed by atoms with Gasteiger partial charge in [-0.3, -0.25) is 4.79 Å². The standard InChI is InChI=1S/C18H17Cl3N2O3/c1-3-11-4-6-12(7-5-11)10(2)23-14(24)9-26-18(25)17-16(21)15(20)13(19)8-22-17/h4-8,10H,3,9H2,1-2H3,(H,23,24)/t10-/m1/s1. The molecule has 1 atom stereocenters. The van der Waals surface area contributed by atoms with Crippen molar-refractivity contribution < 1.29 is 14.3 Å².